The van der Waals surface area contributed by atoms with E-state index in [9.17, 15) is 9.90 Å². The van der Waals surface area contributed by atoms with Gasteiger partial charge in [-0.1, -0.05) is 0 Å². The van der Waals surface area contributed by atoms with E-state index in [1.807, 2.05) is 0 Å². The molecule has 0 radical (unpaired) electrons. The summed E-state index contributed by atoms with van der Waals surface area (Å²) < 4.78 is 4.35. The summed E-state index contributed by atoms with van der Waals surface area (Å²) in [6, 6.07) is 0. The average molecular weight is 206 g/mol. The number of rotatable bonds is 3. The quantitative estimate of drug-likeness (QED) is 0.336. The third-order valence-corrected chi connectivity index (χ3v) is 1.94. The zero-order valence-electron chi connectivity index (χ0n) is 7.04. The number of ether oxygens (including phenoxy) is 1. The Labute approximate surface area is 78.5 Å². The number of aliphatic hydroxyl groups is 5. The Morgan fingerprint density at radius 3 is 2.07 bits per heavy atom. The molecule has 7 nitrogen and oxygen atoms in total. The Balaban J connectivity index is 2.97. The second-order valence-corrected chi connectivity index (χ2v) is 2.94. The van der Waals surface area contributed by atoms with E-state index in [2.05, 4.69) is 4.74 Å². The van der Waals surface area contributed by atoms with Gasteiger partial charge in [0.2, 0.25) is 5.76 Å². The van der Waals surface area contributed by atoms with Crippen LogP contribution in [-0.4, -0.2) is 56.4 Å². The lowest BCUT2D eigenvalue weighted by Gasteiger charge is -2.28. The summed E-state index contributed by atoms with van der Waals surface area (Å²) in [5.74, 6) is -3.15. The lowest BCUT2D eigenvalue weighted by atomic mass is 9.97. The zero-order valence-corrected chi connectivity index (χ0v) is 7.04. The van der Waals surface area contributed by atoms with Gasteiger partial charge >= 0.3 is 5.97 Å². The predicted molar refractivity (Wildman–Crippen MR) is 41.3 cm³/mol. The number of aliphatic hydroxyl groups excluding tert-OH is 4. The van der Waals surface area contributed by atoms with Gasteiger partial charge in [0.1, 0.15) is 0 Å². The Hall–Kier alpha value is -1.31. The van der Waals surface area contributed by atoms with Crippen LogP contribution in [0.1, 0.15) is 0 Å². The van der Waals surface area contributed by atoms with Gasteiger partial charge in [0.05, 0.1) is 13.2 Å². The van der Waals surface area contributed by atoms with Crippen LogP contribution in [-0.2, 0) is 9.53 Å². The Morgan fingerprint density at radius 1 is 1.29 bits per heavy atom. The summed E-state index contributed by atoms with van der Waals surface area (Å²) in [5.41, 5.74) is -2.20. The molecule has 0 spiro atoms. The third-order valence-electron chi connectivity index (χ3n) is 1.94. The van der Waals surface area contributed by atoms with Gasteiger partial charge in [-0.15, -0.1) is 0 Å². The molecule has 0 aromatic carbocycles. The Kier molecular flexibility index (Phi) is 2.65. The highest BCUT2D eigenvalue weighted by molar-refractivity contribution is 5.89. The van der Waals surface area contributed by atoms with Crippen LogP contribution in [0.4, 0.5) is 0 Å². The van der Waals surface area contributed by atoms with E-state index in [0.29, 0.717) is 0 Å². The van der Waals surface area contributed by atoms with Crippen molar-refractivity contribution in [3.8, 4) is 0 Å². The highest BCUT2D eigenvalue weighted by Gasteiger charge is 2.48. The summed E-state index contributed by atoms with van der Waals surface area (Å²) in [6.07, 6.45) is -1.65. The van der Waals surface area contributed by atoms with Crippen LogP contribution >= 0.6 is 0 Å². The third kappa shape index (κ3) is 1.41. The molecule has 0 unspecified atom stereocenters. The number of carbonyl (C=O) groups excluding carboxylic acids is 1. The second-order valence-electron chi connectivity index (χ2n) is 2.94. The minimum absolute atomic E-state index is 0.902. The molecule has 0 saturated heterocycles. The van der Waals surface area contributed by atoms with Gasteiger partial charge < -0.3 is 30.3 Å². The monoisotopic (exact) mass is 206 g/mol. The molecule has 1 aliphatic rings. The molecule has 1 atom stereocenters. The second kappa shape index (κ2) is 3.45. The van der Waals surface area contributed by atoms with Crippen molar-refractivity contribution in [1.29, 1.82) is 0 Å². The maximum Gasteiger partial charge on any atom is 0.378 e. The largest absolute Gasteiger partial charge is 0.505 e. The van der Waals surface area contributed by atoms with Crippen molar-refractivity contribution in [2.45, 2.75) is 11.7 Å². The van der Waals surface area contributed by atoms with E-state index in [1.165, 1.54) is 0 Å². The van der Waals surface area contributed by atoms with E-state index in [4.69, 9.17) is 20.4 Å². The first-order valence-electron chi connectivity index (χ1n) is 3.73. The van der Waals surface area contributed by atoms with Crippen molar-refractivity contribution in [3.05, 3.63) is 11.5 Å². The van der Waals surface area contributed by atoms with E-state index in [0.717, 1.165) is 0 Å². The van der Waals surface area contributed by atoms with Crippen molar-refractivity contribution in [3.63, 3.8) is 0 Å². The summed E-state index contributed by atoms with van der Waals surface area (Å²) in [5, 5.41) is 44.9. The van der Waals surface area contributed by atoms with E-state index in [-0.39, 0.29) is 0 Å². The Morgan fingerprint density at radius 2 is 1.79 bits per heavy atom. The molecule has 1 aliphatic heterocycles. The van der Waals surface area contributed by atoms with Crippen LogP contribution in [0.15, 0.2) is 11.5 Å². The Bertz CT molecular complexity index is 278. The highest BCUT2D eigenvalue weighted by Crippen LogP contribution is 2.27. The molecular formula is C7H10O7. The zero-order chi connectivity index (χ0) is 10.9. The van der Waals surface area contributed by atoms with Crippen molar-refractivity contribution in [1.82, 2.24) is 0 Å². The van der Waals surface area contributed by atoms with Gasteiger partial charge in [-0.25, -0.2) is 4.79 Å². The van der Waals surface area contributed by atoms with Crippen LogP contribution in [0.2, 0.25) is 0 Å². The number of hydrogen-bond donors (Lipinski definition) is 5. The van der Waals surface area contributed by atoms with Crippen molar-refractivity contribution in [2.24, 2.45) is 0 Å². The maximum atomic E-state index is 10.7. The first-order valence-corrected chi connectivity index (χ1v) is 3.73. The number of carbonyl (C=O) groups is 1. The van der Waals surface area contributed by atoms with Gasteiger partial charge in [-0.3, -0.25) is 0 Å². The molecule has 0 bridgehead atoms. The fourth-order valence-corrected chi connectivity index (χ4v) is 1.03. The highest BCUT2D eigenvalue weighted by atomic mass is 16.6. The molecule has 14 heavy (non-hydrogen) atoms. The maximum absolute atomic E-state index is 10.7. The molecule has 0 saturated carbocycles. The predicted octanol–water partition coefficient (Wildman–Crippen LogP) is -2.04. The van der Waals surface area contributed by atoms with Crippen LogP contribution < -0.4 is 0 Å². The number of esters is 1. The van der Waals surface area contributed by atoms with E-state index >= 15 is 0 Å². The molecule has 5 N–H and O–H groups in total. The van der Waals surface area contributed by atoms with Crippen molar-refractivity contribution in [2.75, 3.05) is 13.2 Å². The molecule has 0 aromatic heterocycles. The topological polar surface area (TPSA) is 127 Å². The van der Waals surface area contributed by atoms with E-state index < -0.39 is 42.4 Å². The molecule has 80 valence electrons. The molecule has 7 heteroatoms. The van der Waals surface area contributed by atoms with Crippen LogP contribution in [0.3, 0.4) is 0 Å². The fourth-order valence-electron chi connectivity index (χ4n) is 1.03. The van der Waals surface area contributed by atoms with Crippen LogP contribution in [0.5, 0.6) is 0 Å². The minimum atomic E-state index is -2.20. The summed E-state index contributed by atoms with van der Waals surface area (Å²) >= 11 is 0. The smallest absolute Gasteiger partial charge is 0.378 e. The molecule has 0 aromatic rings. The summed E-state index contributed by atoms with van der Waals surface area (Å²) in [4.78, 5) is 10.7. The fraction of sp³-hybridized carbons (Fsp3) is 0.571. The van der Waals surface area contributed by atoms with Crippen molar-refractivity contribution >= 4 is 5.97 Å². The first-order chi connectivity index (χ1) is 6.46. The first kappa shape index (κ1) is 10.8. The van der Waals surface area contributed by atoms with Crippen LogP contribution in [0.25, 0.3) is 0 Å². The van der Waals surface area contributed by atoms with Gasteiger partial charge in [0.25, 0.3) is 0 Å². The molecule has 1 rings (SSSR count). The SMILES string of the molecule is O=C1O[C@H](C(O)(CO)CO)C(O)=C1O. The normalized spacial score (nSPS) is 22.8. The molecule has 0 fully saturated rings. The van der Waals surface area contributed by atoms with Gasteiger partial charge in [0.15, 0.2) is 17.5 Å². The standard InChI is InChI=1S/C7H10O7/c8-1-7(13,2-9)5-3(10)4(11)6(12)14-5/h5,8-11,13H,1-2H2/t5-/m0/s1. The lowest BCUT2D eigenvalue weighted by molar-refractivity contribution is -0.165. The molecule has 1 heterocycles. The molecular weight excluding hydrogens is 196 g/mol. The number of cyclic esters (lactones) is 1. The van der Waals surface area contributed by atoms with Gasteiger partial charge in [0, 0.05) is 0 Å². The minimum Gasteiger partial charge on any atom is -0.505 e. The van der Waals surface area contributed by atoms with Gasteiger partial charge in [-0.05, 0) is 0 Å². The van der Waals surface area contributed by atoms with Crippen LogP contribution in [0, 0.1) is 0 Å². The van der Waals surface area contributed by atoms with E-state index in [1.54, 1.807) is 0 Å². The molecule has 0 amide bonds. The lowest BCUT2D eigenvalue weighted by Crippen LogP contribution is -2.50. The molecule has 0 aliphatic carbocycles. The number of hydrogen-bond acceptors (Lipinski definition) is 7. The van der Waals surface area contributed by atoms with Crippen molar-refractivity contribution < 1.29 is 35.1 Å². The average Bonchev–Trinajstić information content (AvgIpc) is 2.45. The van der Waals surface area contributed by atoms with Gasteiger partial charge in [-0.2, -0.15) is 0 Å². The summed E-state index contributed by atoms with van der Waals surface area (Å²) in [6.45, 7) is -1.86. The summed E-state index contributed by atoms with van der Waals surface area (Å²) in [7, 11) is 0.